The zero-order valence-corrected chi connectivity index (χ0v) is 13.4. The van der Waals surface area contributed by atoms with E-state index < -0.39 is 0 Å². The minimum absolute atomic E-state index is 0.100. The maximum absolute atomic E-state index is 12.4. The van der Waals surface area contributed by atoms with Crippen LogP contribution in [0.25, 0.3) is 0 Å². The van der Waals surface area contributed by atoms with Crippen molar-refractivity contribution in [3.8, 4) is 11.5 Å². The number of thiophene rings is 1. The Labute approximate surface area is 138 Å². The fraction of sp³-hybridized carbons (Fsp3) is 0.353. The van der Waals surface area contributed by atoms with Gasteiger partial charge in [0.15, 0.2) is 11.5 Å². The highest BCUT2D eigenvalue weighted by Crippen LogP contribution is 2.39. The summed E-state index contributed by atoms with van der Waals surface area (Å²) < 4.78 is 16.9. The van der Waals surface area contributed by atoms with E-state index in [1.807, 2.05) is 17.5 Å². The third-order valence-electron chi connectivity index (χ3n) is 4.05. The summed E-state index contributed by atoms with van der Waals surface area (Å²) >= 11 is 1.34. The molecule has 2 aliphatic heterocycles. The highest BCUT2D eigenvalue weighted by molar-refractivity contribution is 7.12. The van der Waals surface area contributed by atoms with E-state index in [0.717, 1.165) is 12.0 Å². The number of hydrogen-bond acceptors (Lipinski definition) is 5. The lowest BCUT2D eigenvalue weighted by Gasteiger charge is -2.26. The van der Waals surface area contributed by atoms with Crippen molar-refractivity contribution in [3.63, 3.8) is 0 Å². The van der Waals surface area contributed by atoms with Crippen molar-refractivity contribution < 1.29 is 19.0 Å². The molecule has 0 bridgehead atoms. The first kappa shape index (κ1) is 14.5. The van der Waals surface area contributed by atoms with Crippen molar-refractivity contribution in [1.29, 1.82) is 0 Å². The van der Waals surface area contributed by atoms with Gasteiger partial charge in [0.05, 0.1) is 6.61 Å². The molecule has 1 aromatic carbocycles. The molecule has 23 heavy (non-hydrogen) atoms. The van der Waals surface area contributed by atoms with E-state index in [1.165, 1.54) is 16.9 Å². The summed E-state index contributed by atoms with van der Waals surface area (Å²) in [4.78, 5) is 13.0. The Morgan fingerprint density at radius 3 is 3.04 bits per heavy atom. The van der Waals surface area contributed by atoms with Gasteiger partial charge in [-0.05, 0) is 17.5 Å². The Hall–Kier alpha value is -2.05. The standard InChI is InChI=1S/C17H17NO4S/c19-17(16-15-14(10-23-16)21-7-8-22-15)18-9-13-12-4-2-1-3-11(12)5-6-20-13/h1-4,10,13H,5-9H2,(H,18,19). The number of carbonyl (C=O) groups excluding carboxylic acids is 1. The molecular weight excluding hydrogens is 314 g/mol. The lowest BCUT2D eigenvalue weighted by molar-refractivity contribution is 0.0411. The zero-order valence-electron chi connectivity index (χ0n) is 12.5. The van der Waals surface area contributed by atoms with Crippen molar-refractivity contribution in [2.45, 2.75) is 12.5 Å². The van der Waals surface area contributed by atoms with Crippen molar-refractivity contribution in [3.05, 3.63) is 45.6 Å². The highest BCUT2D eigenvalue weighted by Gasteiger charge is 2.25. The number of benzene rings is 1. The molecule has 1 unspecified atom stereocenters. The molecule has 0 fully saturated rings. The van der Waals surface area contributed by atoms with Gasteiger partial charge in [0.1, 0.15) is 24.2 Å². The van der Waals surface area contributed by atoms with E-state index in [4.69, 9.17) is 14.2 Å². The van der Waals surface area contributed by atoms with Crippen molar-refractivity contribution >= 4 is 17.2 Å². The van der Waals surface area contributed by atoms with Crippen LogP contribution in [-0.4, -0.2) is 32.3 Å². The zero-order chi connectivity index (χ0) is 15.6. The predicted molar refractivity (Wildman–Crippen MR) is 86.5 cm³/mol. The van der Waals surface area contributed by atoms with Gasteiger partial charge < -0.3 is 19.5 Å². The third-order valence-corrected chi connectivity index (χ3v) is 4.99. The monoisotopic (exact) mass is 331 g/mol. The van der Waals surface area contributed by atoms with Gasteiger partial charge in [0.25, 0.3) is 5.91 Å². The second kappa shape index (κ2) is 6.22. The number of amides is 1. The first-order chi connectivity index (χ1) is 11.3. The van der Waals surface area contributed by atoms with Crippen LogP contribution in [0.5, 0.6) is 11.5 Å². The van der Waals surface area contributed by atoms with E-state index >= 15 is 0 Å². The number of ether oxygens (including phenoxy) is 3. The second-order valence-electron chi connectivity index (χ2n) is 5.47. The number of fused-ring (bicyclic) bond motifs is 2. The molecule has 5 nitrogen and oxygen atoms in total. The minimum atomic E-state index is -0.145. The van der Waals surface area contributed by atoms with Gasteiger partial charge in [-0.25, -0.2) is 0 Å². The van der Waals surface area contributed by atoms with Crippen LogP contribution in [-0.2, 0) is 11.2 Å². The fourth-order valence-electron chi connectivity index (χ4n) is 2.93. The molecular formula is C17H17NO4S. The van der Waals surface area contributed by atoms with Crippen LogP contribution >= 0.6 is 11.3 Å². The molecule has 2 aliphatic rings. The molecule has 3 heterocycles. The minimum Gasteiger partial charge on any atom is -0.485 e. The molecule has 2 aromatic rings. The largest absolute Gasteiger partial charge is 0.485 e. The average Bonchev–Trinajstić information content (AvgIpc) is 3.04. The summed E-state index contributed by atoms with van der Waals surface area (Å²) in [5.74, 6) is 1.07. The van der Waals surface area contributed by atoms with E-state index in [0.29, 0.717) is 42.7 Å². The average molecular weight is 331 g/mol. The summed E-state index contributed by atoms with van der Waals surface area (Å²) in [6, 6.07) is 8.22. The Morgan fingerprint density at radius 2 is 2.09 bits per heavy atom. The van der Waals surface area contributed by atoms with Crippen molar-refractivity contribution in [2.24, 2.45) is 0 Å². The summed E-state index contributed by atoms with van der Waals surface area (Å²) in [6.07, 6.45) is 0.821. The molecule has 0 radical (unpaired) electrons. The molecule has 0 saturated carbocycles. The number of nitrogens with one attached hydrogen (secondary N) is 1. The molecule has 1 aromatic heterocycles. The van der Waals surface area contributed by atoms with E-state index in [-0.39, 0.29) is 12.0 Å². The van der Waals surface area contributed by atoms with Crippen molar-refractivity contribution in [2.75, 3.05) is 26.4 Å². The van der Waals surface area contributed by atoms with Crippen LogP contribution < -0.4 is 14.8 Å². The summed E-state index contributed by atoms with van der Waals surface area (Å²) in [7, 11) is 0. The van der Waals surface area contributed by atoms with E-state index in [2.05, 4.69) is 17.4 Å². The van der Waals surface area contributed by atoms with Gasteiger partial charge >= 0.3 is 0 Å². The maximum Gasteiger partial charge on any atom is 0.265 e. The smallest absolute Gasteiger partial charge is 0.265 e. The highest BCUT2D eigenvalue weighted by atomic mass is 32.1. The van der Waals surface area contributed by atoms with E-state index in [1.54, 1.807) is 0 Å². The van der Waals surface area contributed by atoms with Gasteiger partial charge in [-0.2, -0.15) is 0 Å². The number of rotatable bonds is 3. The van der Waals surface area contributed by atoms with Crippen LogP contribution in [0.3, 0.4) is 0 Å². The molecule has 0 aliphatic carbocycles. The molecule has 1 atom stereocenters. The Morgan fingerprint density at radius 1 is 1.22 bits per heavy atom. The molecule has 4 rings (SSSR count). The SMILES string of the molecule is O=C(NCC1OCCc2ccccc21)c1scc2c1OCCO2. The topological polar surface area (TPSA) is 56.8 Å². The number of hydrogen-bond donors (Lipinski definition) is 1. The van der Waals surface area contributed by atoms with Gasteiger partial charge in [0, 0.05) is 11.9 Å². The molecule has 6 heteroatoms. The van der Waals surface area contributed by atoms with Crippen LogP contribution in [0.1, 0.15) is 26.9 Å². The predicted octanol–water partition coefficient (Wildman–Crippen LogP) is 2.56. The molecule has 0 spiro atoms. The number of carbonyl (C=O) groups is 1. The van der Waals surface area contributed by atoms with Gasteiger partial charge in [-0.1, -0.05) is 24.3 Å². The quantitative estimate of drug-likeness (QED) is 0.939. The maximum atomic E-state index is 12.4. The third kappa shape index (κ3) is 2.80. The van der Waals surface area contributed by atoms with Crippen molar-refractivity contribution in [1.82, 2.24) is 5.32 Å². The van der Waals surface area contributed by atoms with E-state index in [9.17, 15) is 4.79 Å². The lowest BCUT2D eigenvalue weighted by atomic mass is 9.97. The molecule has 120 valence electrons. The van der Waals surface area contributed by atoms with Gasteiger partial charge in [-0.3, -0.25) is 4.79 Å². The van der Waals surface area contributed by atoms with Crippen LogP contribution in [0.4, 0.5) is 0 Å². The summed E-state index contributed by atoms with van der Waals surface area (Å²) in [5, 5.41) is 4.77. The normalized spacial score (nSPS) is 19.0. The van der Waals surface area contributed by atoms with Gasteiger partial charge in [0.2, 0.25) is 0 Å². The Bertz CT molecular complexity index is 727. The second-order valence-corrected chi connectivity index (χ2v) is 6.35. The van der Waals surface area contributed by atoms with Crippen LogP contribution in [0.15, 0.2) is 29.6 Å². The lowest BCUT2D eigenvalue weighted by Crippen LogP contribution is -2.31. The summed E-state index contributed by atoms with van der Waals surface area (Å²) in [6.45, 7) is 2.13. The Balaban J connectivity index is 1.46. The Kier molecular flexibility index (Phi) is 3.93. The first-order valence-corrected chi connectivity index (χ1v) is 8.55. The van der Waals surface area contributed by atoms with Crippen LogP contribution in [0, 0.1) is 0 Å². The molecule has 0 saturated heterocycles. The summed E-state index contributed by atoms with van der Waals surface area (Å²) in [5.41, 5.74) is 2.45. The first-order valence-electron chi connectivity index (χ1n) is 7.67. The molecule has 1 N–H and O–H groups in total. The van der Waals surface area contributed by atoms with Gasteiger partial charge in [-0.15, -0.1) is 11.3 Å². The van der Waals surface area contributed by atoms with Crippen LogP contribution in [0.2, 0.25) is 0 Å². The fourth-order valence-corrected chi connectivity index (χ4v) is 3.78. The molecule has 1 amide bonds.